The molecule has 0 aromatic heterocycles. The van der Waals surface area contributed by atoms with E-state index in [1.54, 1.807) is 0 Å². The van der Waals surface area contributed by atoms with Crippen LogP contribution in [-0.4, -0.2) is 0 Å². The summed E-state index contributed by atoms with van der Waals surface area (Å²) in [6, 6.07) is 11.8. The van der Waals surface area contributed by atoms with Gasteiger partial charge in [0.05, 0.1) is 0 Å². The summed E-state index contributed by atoms with van der Waals surface area (Å²) in [5.41, 5.74) is 11.2. The van der Waals surface area contributed by atoms with E-state index in [0.29, 0.717) is 0 Å². The monoisotopic (exact) mass is 231 g/mol. The number of hydrogen-bond donors (Lipinski definition) is 1. The Hall–Kier alpha value is -1.47. The largest absolute Gasteiger partial charge is 0.399 e. The first-order valence-corrected chi connectivity index (χ1v) is 5.59. The zero-order valence-corrected chi connectivity index (χ0v) is 10.2. The van der Waals surface area contributed by atoms with Gasteiger partial charge in [-0.1, -0.05) is 29.8 Å². The Bertz CT molecular complexity index is 509. The summed E-state index contributed by atoms with van der Waals surface area (Å²) in [5.74, 6) is 0. The Labute approximate surface area is 101 Å². The van der Waals surface area contributed by atoms with Gasteiger partial charge in [0, 0.05) is 16.3 Å². The van der Waals surface area contributed by atoms with Crippen molar-refractivity contribution in [2.24, 2.45) is 0 Å². The fourth-order valence-electron chi connectivity index (χ4n) is 2.09. The van der Waals surface area contributed by atoms with Crippen LogP contribution in [0.25, 0.3) is 11.1 Å². The lowest BCUT2D eigenvalue weighted by atomic mass is 9.95. The van der Waals surface area contributed by atoms with E-state index < -0.39 is 0 Å². The summed E-state index contributed by atoms with van der Waals surface area (Å²) in [5, 5.41) is 0.776. The van der Waals surface area contributed by atoms with Gasteiger partial charge in [0.15, 0.2) is 0 Å². The predicted molar refractivity (Wildman–Crippen MR) is 70.8 cm³/mol. The molecule has 0 aliphatic carbocycles. The molecule has 0 fully saturated rings. The number of anilines is 1. The van der Waals surface area contributed by atoms with Crippen LogP contribution >= 0.6 is 11.6 Å². The standard InChI is InChI=1S/C14H14ClN/c1-9-7-11(16)8-10(2)14(9)12-5-3-4-6-13(12)15/h3-8H,16H2,1-2H3. The van der Waals surface area contributed by atoms with Crippen LogP contribution in [0, 0.1) is 13.8 Å². The number of nitrogen functional groups attached to an aromatic ring is 1. The van der Waals surface area contributed by atoms with E-state index in [9.17, 15) is 0 Å². The van der Waals surface area contributed by atoms with E-state index in [1.807, 2.05) is 36.4 Å². The number of hydrogen-bond acceptors (Lipinski definition) is 1. The highest BCUT2D eigenvalue weighted by molar-refractivity contribution is 6.33. The summed E-state index contributed by atoms with van der Waals surface area (Å²) in [6.07, 6.45) is 0. The van der Waals surface area contributed by atoms with Crippen molar-refractivity contribution >= 4 is 17.3 Å². The molecule has 2 heteroatoms. The molecule has 2 rings (SSSR count). The molecule has 0 saturated carbocycles. The number of aryl methyl sites for hydroxylation is 2. The first-order chi connectivity index (χ1) is 7.59. The summed E-state index contributed by atoms with van der Waals surface area (Å²) in [7, 11) is 0. The second-order valence-corrected chi connectivity index (χ2v) is 4.42. The maximum atomic E-state index is 6.21. The molecule has 0 radical (unpaired) electrons. The fraction of sp³-hybridized carbons (Fsp3) is 0.143. The third-order valence-electron chi connectivity index (χ3n) is 2.70. The van der Waals surface area contributed by atoms with Crippen molar-refractivity contribution in [1.82, 2.24) is 0 Å². The zero-order valence-electron chi connectivity index (χ0n) is 9.42. The normalized spacial score (nSPS) is 10.4. The third-order valence-corrected chi connectivity index (χ3v) is 3.03. The van der Waals surface area contributed by atoms with Gasteiger partial charge in [-0.2, -0.15) is 0 Å². The molecule has 0 saturated heterocycles. The molecule has 82 valence electrons. The van der Waals surface area contributed by atoms with E-state index in [1.165, 1.54) is 5.56 Å². The topological polar surface area (TPSA) is 26.0 Å². The van der Waals surface area contributed by atoms with Crippen molar-refractivity contribution < 1.29 is 0 Å². The van der Waals surface area contributed by atoms with Gasteiger partial charge >= 0.3 is 0 Å². The van der Waals surface area contributed by atoms with Crippen LogP contribution in [0.2, 0.25) is 5.02 Å². The number of nitrogens with two attached hydrogens (primary N) is 1. The van der Waals surface area contributed by atoms with E-state index in [2.05, 4.69) is 13.8 Å². The van der Waals surface area contributed by atoms with Crippen LogP contribution in [0.3, 0.4) is 0 Å². The lowest BCUT2D eigenvalue weighted by Gasteiger charge is -2.12. The van der Waals surface area contributed by atoms with Gasteiger partial charge in [-0.3, -0.25) is 0 Å². The Morgan fingerprint density at radius 2 is 1.56 bits per heavy atom. The summed E-state index contributed by atoms with van der Waals surface area (Å²) < 4.78 is 0. The Morgan fingerprint density at radius 1 is 1.00 bits per heavy atom. The highest BCUT2D eigenvalue weighted by Crippen LogP contribution is 2.33. The Balaban J connectivity index is 2.70. The molecule has 16 heavy (non-hydrogen) atoms. The molecule has 0 atom stereocenters. The van der Waals surface area contributed by atoms with Crippen LogP contribution < -0.4 is 5.73 Å². The number of rotatable bonds is 1. The average molecular weight is 232 g/mol. The van der Waals surface area contributed by atoms with Crippen molar-refractivity contribution in [2.75, 3.05) is 5.73 Å². The van der Waals surface area contributed by atoms with Gasteiger partial charge in [0.1, 0.15) is 0 Å². The molecular weight excluding hydrogens is 218 g/mol. The van der Waals surface area contributed by atoms with Crippen molar-refractivity contribution in [3.05, 3.63) is 52.5 Å². The molecule has 2 aromatic rings. The van der Waals surface area contributed by atoms with E-state index in [0.717, 1.165) is 27.4 Å². The molecule has 0 bridgehead atoms. The highest BCUT2D eigenvalue weighted by atomic mass is 35.5. The van der Waals surface area contributed by atoms with Gasteiger partial charge < -0.3 is 5.73 Å². The van der Waals surface area contributed by atoms with Gasteiger partial charge in [0.25, 0.3) is 0 Å². The maximum absolute atomic E-state index is 6.21. The molecule has 0 aliphatic rings. The van der Waals surface area contributed by atoms with Gasteiger partial charge in [-0.25, -0.2) is 0 Å². The maximum Gasteiger partial charge on any atom is 0.0484 e. The molecule has 0 heterocycles. The van der Waals surface area contributed by atoms with Crippen LogP contribution in [0.15, 0.2) is 36.4 Å². The highest BCUT2D eigenvalue weighted by Gasteiger charge is 2.09. The fourth-order valence-corrected chi connectivity index (χ4v) is 2.32. The van der Waals surface area contributed by atoms with E-state index in [-0.39, 0.29) is 0 Å². The minimum atomic E-state index is 0.776. The average Bonchev–Trinajstić information content (AvgIpc) is 2.19. The third kappa shape index (κ3) is 1.91. The van der Waals surface area contributed by atoms with Crippen LogP contribution in [0.4, 0.5) is 5.69 Å². The van der Waals surface area contributed by atoms with Gasteiger partial charge in [-0.15, -0.1) is 0 Å². The Morgan fingerprint density at radius 3 is 2.12 bits per heavy atom. The van der Waals surface area contributed by atoms with Crippen LogP contribution in [0.1, 0.15) is 11.1 Å². The predicted octanol–water partition coefficient (Wildman–Crippen LogP) is 4.21. The zero-order chi connectivity index (χ0) is 11.7. The molecule has 0 aliphatic heterocycles. The summed E-state index contributed by atoms with van der Waals surface area (Å²) in [6.45, 7) is 4.12. The van der Waals surface area contributed by atoms with Crippen molar-refractivity contribution in [3.8, 4) is 11.1 Å². The second-order valence-electron chi connectivity index (χ2n) is 4.01. The molecule has 0 amide bonds. The molecule has 0 spiro atoms. The lowest BCUT2D eigenvalue weighted by Crippen LogP contribution is -1.93. The van der Waals surface area contributed by atoms with Crippen molar-refractivity contribution in [1.29, 1.82) is 0 Å². The number of halogens is 1. The van der Waals surface area contributed by atoms with E-state index in [4.69, 9.17) is 17.3 Å². The first kappa shape index (κ1) is 11.0. The van der Waals surface area contributed by atoms with Crippen LogP contribution in [-0.2, 0) is 0 Å². The quantitative estimate of drug-likeness (QED) is 0.732. The first-order valence-electron chi connectivity index (χ1n) is 5.21. The SMILES string of the molecule is Cc1cc(N)cc(C)c1-c1ccccc1Cl. The number of benzene rings is 2. The summed E-state index contributed by atoms with van der Waals surface area (Å²) in [4.78, 5) is 0. The molecular formula is C14H14ClN. The van der Waals surface area contributed by atoms with Gasteiger partial charge in [0.2, 0.25) is 0 Å². The van der Waals surface area contributed by atoms with Gasteiger partial charge in [-0.05, 0) is 48.7 Å². The second kappa shape index (κ2) is 4.18. The Kier molecular flexibility index (Phi) is 2.88. The molecule has 1 nitrogen and oxygen atoms in total. The minimum Gasteiger partial charge on any atom is -0.399 e. The molecule has 2 aromatic carbocycles. The van der Waals surface area contributed by atoms with Crippen molar-refractivity contribution in [3.63, 3.8) is 0 Å². The minimum absolute atomic E-state index is 0.776. The smallest absolute Gasteiger partial charge is 0.0484 e. The summed E-state index contributed by atoms with van der Waals surface area (Å²) >= 11 is 6.21. The van der Waals surface area contributed by atoms with Crippen LogP contribution in [0.5, 0.6) is 0 Å². The lowest BCUT2D eigenvalue weighted by molar-refractivity contribution is 1.38. The van der Waals surface area contributed by atoms with Crippen molar-refractivity contribution in [2.45, 2.75) is 13.8 Å². The molecule has 2 N–H and O–H groups in total. The van der Waals surface area contributed by atoms with E-state index >= 15 is 0 Å². The molecule has 0 unspecified atom stereocenters.